The molecule has 1 fully saturated rings. The third-order valence-electron chi connectivity index (χ3n) is 4.58. The molecule has 1 atom stereocenters. The number of carbonyl (C=O) groups excluding carboxylic acids is 1. The van der Waals surface area contributed by atoms with Gasteiger partial charge >= 0.3 is 0 Å². The van der Waals surface area contributed by atoms with Crippen molar-refractivity contribution in [2.45, 2.75) is 12.8 Å². The molecule has 1 aromatic carbocycles. The van der Waals surface area contributed by atoms with E-state index in [0.717, 1.165) is 44.0 Å². The molecule has 0 saturated carbocycles. The van der Waals surface area contributed by atoms with E-state index in [0.29, 0.717) is 0 Å². The smallest absolute Gasteiger partial charge is 0.231 e. The molecule has 0 aliphatic carbocycles. The van der Waals surface area contributed by atoms with Gasteiger partial charge in [0.1, 0.15) is 12.1 Å². The molecule has 1 saturated heterocycles. The highest BCUT2D eigenvalue weighted by Crippen LogP contribution is 2.31. The third kappa shape index (κ3) is 2.22. The van der Waals surface area contributed by atoms with Gasteiger partial charge in [-0.2, -0.15) is 0 Å². The van der Waals surface area contributed by atoms with Gasteiger partial charge < -0.3 is 9.80 Å². The first-order chi connectivity index (χ1) is 10.8. The minimum atomic E-state index is 0.0566. The SMILES string of the molecule is O=C(C1CCN(c2ccncn2)C1)N1CCc2ccccc21. The van der Waals surface area contributed by atoms with E-state index in [1.54, 1.807) is 12.5 Å². The highest BCUT2D eigenvalue weighted by molar-refractivity contribution is 5.97. The van der Waals surface area contributed by atoms with Crippen molar-refractivity contribution >= 4 is 17.4 Å². The second-order valence-corrected chi connectivity index (χ2v) is 5.87. The molecule has 0 spiro atoms. The number of benzene rings is 1. The van der Waals surface area contributed by atoms with Crippen LogP contribution in [0.15, 0.2) is 42.9 Å². The van der Waals surface area contributed by atoms with Gasteiger partial charge in [0.25, 0.3) is 0 Å². The Balaban J connectivity index is 1.49. The fourth-order valence-electron chi connectivity index (χ4n) is 3.43. The van der Waals surface area contributed by atoms with Gasteiger partial charge in [-0.1, -0.05) is 18.2 Å². The molecular formula is C17H18N4O. The van der Waals surface area contributed by atoms with Gasteiger partial charge in [0.2, 0.25) is 5.91 Å². The summed E-state index contributed by atoms with van der Waals surface area (Å²) in [4.78, 5) is 25.2. The van der Waals surface area contributed by atoms with Crippen LogP contribution in [0, 0.1) is 5.92 Å². The number of carbonyl (C=O) groups is 1. The standard InChI is InChI=1S/C17H18N4O/c22-17(21-10-7-13-3-1-2-4-15(13)21)14-6-9-20(11-14)16-5-8-18-12-19-16/h1-5,8,12,14H,6-7,9-11H2. The van der Waals surface area contributed by atoms with Gasteiger partial charge in [0.05, 0.1) is 5.92 Å². The molecule has 4 rings (SSSR count). The molecule has 1 unspecified atom stereocenters. The van der Waals surface area contributed by atoms with Crippen LogP contribution >= 0.6 is 0 Å². The minimum absolute atomic E-state index is 0.0566. The third-order valence-corrected chi connectivity index (χ3v) is 4.58. The Labute approximate surface area is 129 Å². The maximum Gasteiger partial charge on any atom is 0.231 e. The highest BCUT2D eigenvalue weighted by atomic mass is 16.2. The second kappa shape index (κ2) is 5.40. The van der Waals surface area contributed by atoms with Crippen molar-refractivity contribution in [1.29, 1.82) is 0 Å². The van der Waals surface area contributed by atoms with E-state index in [1.807, 2.05) is 23.1 Å². The molecule has 0 bridgehead atoms. The topological polar surface area (TPSA) is 49.3 Å². The van der Waals surface area contributed by atoms with E-state index in [1.165, 1.54) is 5.56 Å². The van der Waals surface area contributed by atoms with Crippen molar-refractivity contribution in [3.63, 3.8) is 0 Å². The largest absolute Gasteiger partial charge is 0.356 e. The van der Waals surface area contributed by atoms with Crippen LogP contribution in [0.5, 0.6) is 0 Å². The van der Waals surface area contributed by atoms with Crippen molar-refractivity contribution in [2.75, 3.05) is 29.4 Å². The summed E-state index contributed by atoms with van der Waals surface area (Å²) in [6, 6.07) is 10.1. The number of anilines is 2. The van der Waals surface area contributed by atoms with Gasteiger partial charge in [-0.05, 0) is 30.5 Å². The average Bonchev–Trinajstić information content (AvgIpc) is 3.22. The van der Waals surface area contributed by atoms with Crippen LogP contribution in [-0.2, 0) is 11.2 Å². The summed E-state index contributed by atoms with van der Waals surface area (Å²) in [5.74, 6) is 1.22. The first-order valence-electron chi connectivity index (χ1n) is 7.73. The number of rotatable bonds is 2. The molecule has 2 aliphatic heterocycles. The molecule has 5 heteroatoms. The lowest BCUT2D eigenvalue weighted by Crippen LogP contribution is -2.36. The van der Waals surface area contributed by atoms with Crippen molar-refractivity contribution in [3.8, 4) is 0 Å². The fourth-order valence-corrected chi connectivity index (χ4v) is 3.43. The molecule has 5 nitrogen and oxygen atoms in total. The molecule has 0 N–H and O–H groups in total. The first-order valence-corrected chi connectivity index (χ1v) is 7.73. The number of aromatic nitrogens is 2. The second-order valence-electron chi connectivity index (χ2n) is 5.87. The van der Waals surface area contributed by atoms with E-state index < -0.39 is 0 Å². The van der Waals surface area contributed by atoms with Crippen molar-refractivity contribution in [3.05, 3.63) is 48.4 Å². The van der Waals surface area contributed by atoms with E-state index >= 15 is 0 Å². The highest BCUT2D eigenvalue weighted by Gasteiger charge is 2.34. The Hall–Kier alpha value is -2.43. The summed E-state index contributed by atoms with van der Waals surface area (Å²) in [6.07, 6.45) is 5.15. The lowest BCUT2D eigenvalue weighted by Gasteiger charge is -2.22. The average molecular weight is 294 g/mol. The molecule has 1 aromatic heterocycles. The number of fused-ring (bicyclic) bond motifs is 1. The van der Waals surface area contributed by atoms with Gasteiger partial charge in [-0.3, -0.25) is 4.79 Å². The van der Waals surface area contributed by atoms with E-state index in [4.69, 9.17) is 0 Å². The van der Waals surface area contributed by atoms with Crippen LogP contribution < -0.4 is 9.80 Å². The maximum absolute atomic E-state index is 12.9. The zero-order valence-corrected chi connectivity index (χ0v) is 12.4. The maximum atomic E-state index is 12.9. The van der Waals surface area contributed by atoms with Crippen LogP contribution in [0.25, 0.3) is 0 Å². The molecule has 3 heterocycles. The van der Waals surface area contributed by atoms with Crippen LogP contribution in [-0.4, -0.2) is 35.5 Å². The fraction of sp³-hybridized carbons (Fsp3) is 0.353. The van der Waals surface area contributed by atoms with E-state index in [9.17, 15) is 4.79 Å². The molecular weight excluding hydrogens is 276 g/mol. The molecule has 2 aromatic rings. The Bertz CT molecular complexity index is 688. The quantitative estimate of drug-likeness (QED) is 0.849. The molecule has 1 amide bonds. The lowest BCUT2D eigenvalue weighted by atomic mass is 10.1. The summed E-state index contributed by atoms with van der Waals surface area (Å²) in [5, 5.41) is 0. The van der Waals surface area contributed by atoms with Crippen LogP contribution in [0.1, 0.15) is 12.0 Å². The Morgan fingerprint density at radius 3 is 2.95 bits per heavy atom. The zero-order valence-electron chi connectivity index (χ0n) is 12.4. The summed E-state index contributed by atoms with van der Waals surface area (Å²) in [7, 11) is 0. The number of amides is 1. The van der Waals surface area contributed by atoms with Crippen LogP contribution in [0.2, 0.25) is 0 Å². The Morgan fingerprint density at radius 1 is 1.18 bits per heavy atom. The number of hydrogen-bond donors (Lipinski definition) is 0. The number of para-hydroxylation sites is 1. The predicted octanol–water partition coefficient (Wildman–Crippen LogP) is 1.89. The number of nitrogens with zero attached hydrogens (tertiary/aromatic N) is 4. The van der Waals surface area contributed by atoms with Gasteiger partial charge in [0.15, 0.2) is 0 Å². The Kier molecular flexibility index (Phi) is 3.25. The minimum Gasteiger partial charge on any atom is -0.356 e. The van der Waals surface area contributed by atoms with Crippen LogP contribution in [0.3, 0.4) is 0 Å². The molecule has 22 heavy (non-hydrogen) atoms. The normalized spacial score (nSPS) is 20.3. The predicted molar refractivity (Wildman–Crippen MR) is 84.9 cm³/mol. The van der Waals surface area contributed by atoms with Gasteiger partial charge in [-0.25, -0.2) is 9.97 Å². The molecule has 0 radical (unpaired) electrons. The summed E-state index contributed by atoms with van der Waals surface area (Å²) >= 11 is 0. The van der Waals surface area contributed by atoms with Gasteiger partial charge in [0, 0.05) is 31.5 Å². The van der Waals surface area contributed by atoms with Crippen molar-refractivity contribution in [2.24, 2.45) is 5.92 Å². The summed E-state index contributed by atoms with van der Waals surface area (Å²) in [5.41, 5.74) is 2.37. The van der Waals surface area contributed by atoms with Crippen LogP contribution in [0.4, 0.5) is 11.5 Å². The lowest BCUT2D eigenvalue weighted by molar-refractivity contribution is -0.121. The molecule has 2 aliphatic rings. The number of hydrogen-bond acceptors (Lipinski definition) is 4. The zero-order chi connectivity index (χ0) is 14.9. The Morgan fingerprint density at radius 2 is 2.09 bits per heavy atom. The van der Waals surface area contributed by atoms with E-state index in [2.05, 4.69) is 27.0 Å². The summed E-state index contributed by atoms with van der Waals surface area (Å²) in [6.45, 7) is 2.43. The molecule has 112 valence electrons. The van der Waals surface area contributed by atoms with Crippen molar-refractivity contribution in [1.82, 2.24) is 9.97 Å². The van der Waals surface area contributed by atoms with E-state index in [-0.39, 0.29) is 11.8 Å². The van der Waals surface area contributed by atoms with Crippen molar-refractivity contribution < 1.29 is 4.79 Å². The first kappa shape index (κ1) is 13.2. The monoisotopic (exact) mass is 294 g/mol. The summed E-state index contributed by atoms with van der Waals surface area (Å²) < 4.78 is 0. The van der Waals surface area contributed by atoms with Gasteiger partial charge in [-0.15, -0.1) is 0 Å².